The van der Waals surface area contributed by atoms with Crippen molar-refractivity contribution in [2.24, 2.45) is 0 Å². The molecule has 1 unspecified atom stereocenters. The van der Waals surface area contributed by atoms with E-state index < -0.39 is 0 Å². The SMILES string of the molecule is O=C(c1ccc2c(c1)CCCO2)C1CO1. The fourth-order valence-electron chi connectivity index (χ4n) is 1.90. The topological polar surface area (TPSA) is 38.8 Å². The molecule has 0 N–H and O–H groups in total. The first-order valence-corrected chi connectivity index (χ1v) is 5.26. The molecule has 78 valence electrons. The summed E-state index contributed by atoms with van der Waals surface area (Å²) < 4.78 is 10.5. The molecule has 0 amide bonds. The quantitative estimate of drug-likeness (QED) is 0.542. The van der Waals surface area contributed by atoms with E-state index in [1.54, 1.807) is 0 Å². The highest BCUT2D eigenvalue weighted by atomic mass is 16.6. The second kappa shape index (κ2) is 3.35. The van der Waals surface area contributed by atoms with Gasteiger partial charge in [0.1, 0.15) is 11.9 Å². The first-order chi connectivity index (χ1) is 7.34. The molecular formula is C12H12O3. The molecule has 0 spiro atoms. The van der Waals surface area contributed by atoms with Crippen LogP contribution in [-0.2, 0) is 11.2 Å². The van der Waals surface area contributed by atoms with Crippen LogP contribution < -0.4 is 4.74 Å². The molecule has 1 saturated heterocycles. The van der Waals surface area contributed by atoms with Crippen molar-refractivity contribution in [2.75, 3.05) is 13.2 Å². The summed E-state index contributed by atoms with van der Waals surface area (Å²) in [7, 11) is 0. The molecule has 1 fully saturated rings. The molecule has 1 aromatic rings. The van der Waals surface area contributed by atoms with Crippen LogP contribution in [0.25, 0.3) is 0 Å². The first kappa shape index (κ1) is 8.92. The highest BCUT2D eigenvalue weighted by Crippen LogP contribution is 2.27. The van der Waals surface area contributed by atoms with E-state index in [0.717, 1.165) is 36.3 Å². The molecule has 2 heterocycles. The summed E-state index contributed by atoms with van der Waals surface area (Å²) >= 11 is 0. The molecule has 1 aromatic carbocycles. The van der Waals surface area contributed by atoms with E-state index in [1.807, 2.05) is 18.2 Å². The first-order valence-electron chi connectivity index (χ1n) is 5.26. The third-order valence-corrected chi connectivity index (χ3v) is 2.82. The number of fused-ring (bicyclic) bond motifs is 1. The largest absolute Gasteiger partial charge is 0.493 e. The van der Waals surface area contributed by atoms with Gasteiger partial charge < -0.3 is 9.47 Å². The van der Waals surface area contributed by atoms with E-state index in [-0.39, 0.29) is 11.9 Å². The van der Waals surface area contributed by atoms with Gasteiger partial charge in [-0.2, -0.15) is 0 Å². The van der Waals surface area contributed by atoms with Crippen LogP contribution in [0.3, 0.4) is 0 Å². The average Bonchev–Trinajstić information content (AvgIpc) is 3.11. The van der Waals surface area contributed by atoms with Crippen LogP contribution in [0.1, 0.15) is 22.3 Å². The lowest BCUT2D eigenvalue weighted by Gasteiger charge is -2.17. The zero-order valence-electron chi connectivity index (χ0n) is 8.36. The summed E-state index contributed by atoms with van der Waals surface area (Å²) in [4.78, 5) is 11.7. The van der Waals surface area contributed by atoms with E-state index in [0.29, 0.717) is 6.61 Å². The third kappa shape index (κ3) is 1.63. The minimum absolute atomic E-state index is 0.100. The van der Waals surface area contributed by atoms with Crippen molar-refractivity contribution in [3.05, 3.63) is 29.3 Å². The van der Waals surface area contributed by atoms with E-state index in [4.69, 9.17) is 9.47 Å². The van der Waals surface area contributed by atoms with E-state index in [2.05, 4.69) is 0 Å². The van der Waals surface area contributed by atoms with Gasteiger partial charge in [0.05, 0.1) is 13.2 Å². The molecule has 0 radical (unpaired) electrons. The highest BCUT2D eigenvalue weighted by Gasteiger charge is 2.32. The molecule has 2 aliphatic heterocycles. The summed E-state index contributed by atoms with van der Waals surface area (Å²) in [5.74, 6) is 1.03. The molecule has 0 bridgehead atoms. The maximum atomic E-state index is 11.7. The number of hydrogen-bond donors (Lipinski definition) is 0. The van der Waals surface area contributed by atoms with Gasteiger partial charge in [0.25, 0.3) is 0 Å². The molecule has 3 nitrogen and oxygen atoms in total. The number of rotatable bonds is 2. The standard InChI is InChI=1S/C12H12O3/c13-12(11-7-15-11)9-3-4-10-8(6-9)2-1-5-14-10/h3-4,6,11H,1-2,5,7H2. The van der Waals surface area contributed by atoms with Gasteiger partial charge in [-0.25, -0.2) is 0 Å². The molecule has 3 rings (SSSR count). The normalized spacial score (nSPS) is 22.8. The van der Waals surface area contributed by atoms with Gasteiger partial charge in [-0.1, -0.05) is 0 Å². The van der Waals surface area contributed by atoms with Crippen LogP contribution in [0, 0.1) is 0 Å². The number of epoxide rings is 1. The van der Waals surface area contributed by atoms with E-state index in [9.17, 15) is 4.79 Å². The van der Waals surface area contributed by atoms with Gasteiger partial charge in [0.2, 0.25) is 0 Å². The molecular weight excluding hydrogens is 192 g/mol. The van der Waals surface area contributed by atoms with Crippen molar-refractivity contribution >= 4 is 5.78 Å². The maximum absolute atomic E-state index is 11.7. The van der Waals surface area contributed by atoms with Crippen LogP contribution in [0.4, 0.5) is 0 Å². The molecule has 0 aliphatic carbocycles. The lowest BCUT2D eigenvalue weighted by atomic mass is 10.0. The van der Waals surface area contributed by atoms with Crippen LogP contribution in [-0.4, -0.2) is 25.1 Å². The van der Waals surface area contributed by atoms with E-state index in [1.165, 1.54) is 0 Å². The van der Waals surface area contributed by atoms with Gasteiger partial charge in [-0.3, -0.25) is 4.79 Å². The number of ketones is 1. The van der Waals surface area contributed by atoms with Crippen molar-refractivity contribution in [1.29, 1.82) is 0 Å². The van der Waals surface area contributed by atoms with Gasteiger partial charge in [0.15, 0.2) is 5.78 Å². The van der Waals surface area contributed by atoms with Crippen molar-refractivity contribution in [2.45, 2.75) is 18.9 Å². The molecule has 15 heavy (non-hydrogen) atoms. The molecule has 1 atom stereocenters. The molecule has 0 saturated carbocycles. The number of carbonyl (C=O) groups is 1. The van der Waals surface area contributed by atoms with Crippen molar-refractivity contribution in [3.8, 4) is 5.75 Å². The fourth-order valence-corrected chi connectivity index (χ4v) is 1.90. The molecule has 0 aromatic heterocycles. The maximum Gasteiger partial charge on any atom is 0.193 e. The summed E-state index contributed by atoms with van der Waals surface area (Å²) in [6.07, 6.45) is 1.85. The highest BCUT2D eigenvalue weighted by molar-refractivity contribution is 6.01. The average molecular weight is 204 g/mol. The summed E-state index contributed by atoms with van der Waals surface area (Å²) in [6, 6.07) is 5.66. The Morgan fingerprint density at radius 1 is 1.40 bits per heavy atom. The zero-order chi connectivity index (χ0) is 10.3. The predicted octanol–water partition coefficient (Wildman–Crippen LogP) is 1.59. The Morgan fingerprint density at radius 3 is 3.07 bits per heavy atom. The fraction of sp³-hybridized carbons (Fsp3) is 0.417. The van der Waals surface area contributed by atoms with Crippen molar-refractivity contribution in [3.63, 3.8) is 0 Å². The lowest BCUT2D eigenvalue weighted by Crippen LogP contribution is -2.11. The monoisotopic (exact) mass is 204 g/mol. The Bertz CT molecular complexity index is 407. The van der Waals surface area contributed by atoms with Crippen molar-refractivity contribution < 1.29 is 14.3 Å². The number of hydrogen-bond acceptors (Lipinski definition) is 3. The Kier molecular flexibility index (Phi) is 1.99. The molecule has 3 heteroatoms. The van der Waals surface area contributed by atoms with Crippen LogP contribution in [0.2, 0.25) is 0 Å². The number of Topliss-reactive ketones (excluding diaryl/α,β-unsaturated/α-hetero) is 1. The van der Waals surface area contributed by atoms with Gasteiger partial charge in [0, 0.05) is 5.56 Å². The Hall–Kier alpha value is -1.35. The third-order valence-electron chi connectivity index (χ3n) is 2.82. The summed E-state index contributed by atoms with van der Waals surface area (Å²) in [5.41, 5.74) is 1.90. The predicted molar refractivity (Wildman–Crippen MR) is 54.3 cm³/mol. The van der Waals surface area contributed by atoms with Crippen LogP contribution in [0.5, 0.6) is 5.75 Å². The minimum Gasteiger partial charge on any atom is -0.493 e. The van der Waals surface area contributed by atoms with Crippen LogP contribution >= 0.6 is 0 Å². The summed E-state index contributed by atoms with van der Waals surface area (Å²) in [5, 5.41) is 0. The van der Waals surface area contributed by atoms with Gasteiger partial charge >= 0.3 is 0 Å². The smallest absolute Gasteiger partial charge is 0.193 e. The second-order valence-electron chi connectivity index (χ2n) is 3.96. The van der Waals surface area contributed by atoms with Gasteiger partial charge in [-0.05, 0) is 36.6 Å². The minimum atomic E-state index is -0.187. The number of aryl methyl sites for hydroxylation is 1. The van der Waals surface area contributed by atoms with E-state index >= 15 is 0 Å². The van der Waals surface area contributed by atoms with Crippen molar-refractivity contribution in [1.82, 2.24) is 0 Å². The number of ether oxygens (including phenoxy) is 2. The summed E-state index contributed by atoms with van der Waals surface area (Å²) in [6.45, 7) is 1.36. The number of benzene rings is 1. The number of carbonyl (C=O) groups excluding carboxylic acids is 1. The second-order valence-corrected chi connectivity index (χ2v) is 3.96. The zero-order valence-corrected chi connectivity index (χ0v) is 8.36. The Labute approximate surface area is 88.0 Å². The van der Waals surface area contributed by atoms with Gasteiger partial charge in [-0.15, -0.1) is 0 Å². The lowest BCUT2D eigenvalue weighted by molar-refractivity contribution is 0.0953. The Morgan fingerprint density at radius 2 is 2.27 bits per heavy atom. The van der Waals surface area contributed by atoms with Crippen LogP contribution in [0.15, 0.2) is 18.2 Å². The molecule has 2 aliphatic rings. The Balaban J connectivity index is 1.92.